The van der Waals surface area contributed by atoms with Crippen LogP contribution in [-0.2, 0) is 0 Å². The minimum absolute atomic E-state index is 0.572. The monoisotopic (exact) mass is 103 g/mol. The first-order chi connectivity index (χ1) is 2.77. The van der Waals surface area contributed by atoms with Crippen LogP contribution in [0.4, 0.5) is 0 Å². The molecule has 0 N–H and O–H groups in total. The van der Waals surface area contributed by atoms with Gasteiger partial charge < -0.3 is 0 Å². The van der Waals surface area contributed by atoms with Crippen LogP contribution in [-0.4, -0.2) is 5.75 Å². The molecule has 6 heavy (non-hydrogen) atoms. The van der Waals surface area contributed by atoms with Gasteiger partial charge in [-0.2, -0.15) is 12.6 Å². The molecule has 1 radical (unpaired) electrons. The van der Waals surface area contributed by atoms with Crippen molar-refractivity contribution >= 4 is 12.6 Å². The highest BCUT2D eigenvalue weighted by Gasteiger charge is 1.86. The van der Waals surface area contributed by atoms with Crippen LogP contribution in [0.3, 0.4) is 0 Å². The number of hydrogen-bond donors (Lipinski definition) is 1. The fourth-order valence-electron chi connectivity index (χ4n) is 0.220. The largest absolute Gasteiger partial charge is 0.179 e. The van der Waals surface area contributed by atoms with Gasteiger partial charge in [0.05, 0.1) is 0 Å². The summed E-state index contributed by atoms with van der Waals surface area (Å²) in [7, 11) is 0. The number of hydrogen-bond acceptors (Lipinski definition) is 1. The van der Waals surface area contributed by atoms with Gasteiger partial charge in [-0.15, -0.1) is 0 Å². The molecule has 37 valence electrons. The van der Waals surface area contributed by atoms with Gasteiger partial charge in [-0.3, -0.25) is 0 Å². The van der Waals surface area contributed by atoms with Crippen molar-refractivity contribution in [3.63, 3.8) is 0 Å². The first kappa shape index (κ1) is 6.35. The summed E-state index contributed by atoms with van der Waals surface area (Å²) >= 11 is 4.02. The van der Waals surface area contributed by atoms with Gasteiger partial charge >= 0.3 is 0 Å². The second-order valence-electron chi connectivity index (χ2n) is 1.62. The predicted octanol–water partition coefficient (Wildman–Crippen LogP) is 1.78. The van der Waals surface area contributed by atoms with Gasteiger partial charge in [0, 0.05) is 0 Å². The fourth-order valence-corrected chi connectivity index (χ4v) is 0.661. The summed E-state index contributed by atoms with van der Waals surface area (Å²) in [4.78, 5) is 0. The SMILES string of the molecule is [CH2]C(C)CCS. The maximum Gasteiger partial charge on any atom is -0.00954 e. The third-order valence-corrected chi connectivity index (χ3v) is 0.880. The molecule has 1 unspecified atom stereocenters. The van der Waals surface area contributed by atoms with Crippen LogP contribution in [0.2, 0.25) is 0 Å². The average Bonchev–Trinajstić information content (AvgIpc) is 1.35. The van der Waals surface area contributed by atoms with E-state index in [2.05, 4.69) is 26.5 Å². The van der Waals surface area contributed by atoms with Crippen molar-refractivity contribution in [1.29, 1.82) is 0 Å². The molecule has 0 aliphatic carbocycles. The van der Waals surface area contributed by atoms with Gasteiger partial charge in [-0.1, -0.05) is 13.8 Å². The zero-order chi connectivity index (χ0) is 4.99. The molecule has 0 aliphatic rings. The lowest BCUT2D eigenvalue weighted by Crippen LogP contribution is -1.85. The molecule has 0 saturated heterocycles. The van der Waals surface area contributed by atoms with Crippen molar-refractivity contribution in [2.24, 2.45) is 5.92 Å². The van der Waals surface area contributed by atoms with E-state index in [1.807, 2.05) is 0 Å². The smallest absolute Gasteiger partial charge is 0.00954 e. The molecule has 0 spiro atoms. The highest BCUT2D eigenvalue weighted by molar-refractivity contribution is 7.80. The van der Waals surface area contributed by atoms with E-state index in [0.717, 1.165) is 12.2 Å². The summed E-state index contributed by atoms with van der Waals surface area (Å²) in [6, 6.07) is 0. The topological polar surface area (TPSA) is 0 Å². The fraction of sp³-hybridized carbons (Fsp3) is 0.800. The second kappa shape index (κ2) is 3.54. The standard InChI is InChI=1S/C5H11S/c1-5(2)3-4-6/h5-6H,1,3-4H2,2H3. The van der Waals surface area contributed by atoms with E-state index in [4.69, 9.17) is 0 Å². The van der Waals surface area contributed by atoms with E-state index in [1.165, 1.54) is 0 Å². The van der Waals surface area contributed by atoms with Crippen LogP contribution < -0.4 is 0 Å². The van der Waals surface area contributed by atoms with Crippen LogP contribution in [0, 0.1) is 12.8 Å². The minimum atomic E-state index is 0.572. The molecule has 0 fully saturated rings. The summed E-state index contributed by atoms with van der Waals surface area (Å²) in [5.74, 6) is 1.53. The molecular weight excluding hydrogens is 92.1 g/mol. The summed E-state index contributed by atoms with van der Waals surface area (Å²) in [5, 5.41) is 0. The Bertz CT molecular complexity index is 25.1. The van der Waals surface area contributed by atoms with Crippen molar-refractivity contribution in [2.75, 3.05) is 5.75 Å². The van der Waals surface area contributed by atoms with Gasteiger partial charge in [0.15, 0.2) is 0 Å². The predicted molar refractivity (Wildman–Crippen MR) is 33.0 cm³/mol. The molecule has 0 aromatic rings. The van der Waals surface area contributed by atoms with Crippen molar-refractivity contribution < 1.29 is 0 Å². The van der Waals surface area contributed by atoms with E-state index in [9.17, 15) is 0 Å². The Morgan fingerprint density at radius 3 is 2.33 bits per heavy atom. The summed E-state index contributed by atoms with van der Waals surface area (Å²) < 4.78 is 0. The normalized spacial score (nSPS) is 10.0. The highest BCUT2D eigenvalue weighted by atomic mass is 32.1. The van der Waals surface area contributed by atoms with Crippen molar-refractivity contribution in [3.8, 4) is 0 Å². The van der Waals surface area contributed by atoms with Crippen LogP contribution in [0.1, 0.15) is 13.3 Å². The van der Waals surface area contributed by atoms with Gasteiger partial charge in [0.1, 0.15) is 0 Å². The second-order valence-corrected chi connectivity index (χ2v) is 2.06. The Kier molecular flexibility index (Phi) is 3.74. The Morgan fingerprint density at radius 1 is 1.83 bits per heavy atom. The van der Waals surface area contributed by atoms with Gasteiger partial charge in [-0.25, -0.2) is 0 Å². The molecule has 0 rings (SSSR count). The molecule has 0 aromatic heterocycles. The molecule has 0 heterocycles. The van der Waals surface area contributed by atoms with E-state index < -0.39 is 0 Å². The average molecular weight is 103 g/mol. The van der Waals surface area contributed by atoms with Gasteiger partial charge in [0.2, 0.25) is 0 Å². The van der Waals surface area contributed by atoms with Crippen molar-refractivity contribution in [1.82, 2.24) is 0 Å². The summed E-state index contributed by atoms with van der Waals surface area (Å²) in [5.41, 5.74) is 0. The molecular formula is C5H11S. The molecule has 0 aliphatic heterocycles. The molecule has 0 aromatic carbocycles. The van der Waals surface area contributed by atoms with Crippen molar-refractivity contribution in [3.05, 3.63) is 6.92 Å². The van der Waals surface area contributed by atoms with Crippen LogP contribution in [0.5, 0.6) is 0 Å². The molecule has 1 atom stereocenters. The Morgan fingerprint density at radius 2 is 2.33 bits per heavy atom. The Hall–Kier alpha value is 0.350. The van der Waals surface area contributed by atoms with Crippen LogP contribution in [0.25, 0.3) is 0 Å². The Balaban J connectivity index is 2.63. The quantitative estimate of drug-likeness (QED) is 0.506. The molecule has 0 bridgehead atoms. The maximum absolute atomic E-state index is 4.02. The molecule has 1 heteroatoms. The number of rotatable bonds is 2. The van der Waals surface area contributed by atoms with E-state index in [-0.39, 0.29) is 0 Å². The number of thiol groups is 1. The van der Waals surface area contributed by atoms with Gasteiger partial charge in [0.25, 0.3) is 0 Å². The van der Waals surface area contributed by atoms with Crippen LogP contribution >= 0.6 is 12.6 Å². The minimum Gasteiger partial charge on any atom is -0.179 e. The maximum atomic E-state index is 4.02. The van der Waals surface area contributed by atoms with E-state index in [0.29, 0.717) is 5.92 Å². The first-order valence-corrected chi connectivity index (χ1v) is 2.84. The summed E-state index contributed by atoms with van der Waals surface area (Å²) in [6.45, 7) is 5.87. The van der Waals surface area contributed by atoms with Crippen LogP contribution in [0.15, 0.2) is 0 Å². The third kappa shape index (κ3) is 4.35. The third-order valence-electron chi connectivity index (χ3n) is 0.622. The highest BCUT2D eigenvalue weighted by Crippen LogP contribution is 1.97. The molecule has 0 amide bonds. The van der Waals surface area contributed by atoms with E-state index >= 15 is 0 Å². The lowest BCUT2D eigenvalue weighted by atomic mass is 10.2. The van der Waals surface area contributed by atoms with E-state index in [1.54, 1.807) is 0 Å². The molecule has 0 nitrogen and oxygen atoms in total. The zero-order valence-electron chi connectivity index (χ0n) is 4.15. The summed E-state index contributed by atoms with van der Waals surface area (Å²) in [6.07, 6.45) is 1.13. The Labute approximate surface area is 45.4 Å². The lowest BCUT2D eigenvalue weighted by molar-refractivity contribution is 0.702. The zero-order valence-corrected chi connectivity index (χ0v) is 5.04. The van der Waals surface area contributed by atoms with Gasteiger partial charge in [-0.05, 0) is 18.1 Å². The lowest BCUT2D eigenvalue weighted by Gasteiger charge is -1.95. The van der Waals surface area contributed by atoms with Crippen molar-refractivity contribution in [2.45, 2.75) is 13.3 Å². The molecule has 0 saturated carbocycles. The first-order valence-electron chi connectivity index (χ1n) is 2.21.